The average molecular weight is 520 g/mol. The number of aryl methyl sites for hydroxylation is 1. The van der Waals surface area contributed by atoms with Gasteiger partial charge in [0.2, 0.25) is 0 Å². The van der Waals surface area contributed by atoms with Gasteiger partial charge in [-0.15, -0.1) is 24.0 Å². The van der Waals surface area contributed by atoms with Crippen LogP contribution in [0, 0.1) is 6.92 Å². The molecular weight excluding hydrogens is 487 g/mol. The van der Waals surface area contributed by atoms with Crippen molar-refractivity contribution in [3.8, 4) is 5.75 Å². The lowest BCUT2D eigenvalue weighted by Crippen LogP contribution is -2.60. The minimum Gasteiger partial charge on any atom is -0.492 e. The van der Waals surface area contributed by atoms with Crippen molar-refractivity contribution >= 4 is 41.7 Å². The summed E-state index contributed by atoms with van der Waals surface area (Å²) < 4.78 is 11.3. The van der Waals surface area contributed by atoms with Crippen molar-refractivity contribution in [3.05, 3.63) is 29.8 Å². The highest BCUT2D eigenvalue weighted by Gasteiger charge is 2.40. The fourth-order valence-electron chi connectivity index (χ4n) is 3.58. The van der Waals surface area contributed by atoms with Crippen molar-refractivity contribution in [2.45, 2.75) is 18.9 Å². The highest BCUT2D eigenvalue weighted by molar-refractivity contribution is 14.0. The first kappa shape index (κ1) is 23.6. The standard InChI is InChI=1S/C20H32N4O2S.HI/c1-17-3-5-18(6-4-17)26-11-8-22-19(21-2)23-15-20(7-14-27-16-20)24-9-12-25-13-10-24;/h3-6H,7-16H2,1-2H3,(H2,21,22,23);1H. The minimum absolute atomic E-state index is 0. The molecule has 0 spiro atoms. The Kier molecular flexibility index (Phi) is 10.2. The van der Waals surface area contributed by atoms with Crippen LogP contribution in [-0.2, 0) is 4.74 Å². The second-order valence-electron chi connectivity index (χ2n) is 7.14. The zero-order chi connectivity index (χ0) is 19.0. The maximum Gasteiger partial charge on any atom is 0.191 e. The summed E-state index contributed by atoms with van der Waals surface area (Å²) in [6.07, 6.45) is 1.22. The van der Waals surface area contributed by atoms with Crippen LogP contribution >= 0.6 is 35.7 Å². The Morgan fingerprint density at radius 3 is 2.64 bits per heavy atom. The number of nitrogens with one attached hydrogen (secondary N) is 2. The van der Waals surface area contributed by atoms with Crippen molar-refractivity contribution < 1.29 is 9.47 Å². The Balaban J connectivity index is 0.00000280. The van der Waals surface area contributed by atoms with E-state index in [1.165, 1.54) is 23.5 Å². The molecule has 3 rings (SSSR count). The molecule has 1 aromatic carbocycles. The predicted molar refractivity (Wildman–Crippen MR) is 129 cm³/mol. The van der Waals surface area contributed by atoms with E-state index in [1.807, 2.05) is 19.2 Å². The number of guanidine groups is 1. The molecule has 2 N–H and O–H groups in total. The first-order chi connectivity index (χ1) is 13.2. The Labute approximate surface area is 190 Å². The van der Waals surface area contributed by atoms with Crippen LogP contribution < -0.4 is 15.4 Å². The van der Waals surface area contributed by atoms with E-state index < -0.39 is 0 Å². The largest absolute Gasteiger partial charge is 0.492 e. The quantitative estimate of drug-likeness (QED) is 0.249. The van der Waals surface area contributed by atoms with Crippen LogP contribution in [0.3, 0.4) is 0 Å². The summed E-state index contributed by atoms with van der Waals surface area (Å²) in [6.45, 7) is 8.05. The third-order valence-corrected chi connectivity index (χ3v) is 6.49. The Morgan fingerprint density at radius 1 is 1.25 bits per heavy atom. The van der Waals surface area contributed by atoms with Crippen LogP contribution in [0.4, 0.5) is 0 Å². The molecular formula is C20H33IN4O2S. The molecule has 0 aliphatic carbocycles. The van der Waals surface area contributed by atoms with Gasteiger partial charge in [0.25, 0.3) is 0 Å². The number of rotatable bonds is 7. The van der Waals surface area contributed by atoms with Gasteiger partial charge >= 0.3 is 0 Å². The molecule has 0 amide bonds. The van der Waals surface area contributed by atoms with Crippen molar-refractivity contribution in [3.63, 3.8) is 0 Å². The Bertz CT molecular complexity index is 603. The number of halogens is 1. The molecule has 6 nitrogen and oxygen atoms in total. The van der Waals surface area contributed by atoms with Crippen LogP contribution in [0.1, 0.15) is 12.0 Å². The van der Waals surface area contributed by atoms with Crippen molar-refractivity contribution in [2.24, 2.45) is 4.99 Å². The molecule has 2 aliphatic rings. The van der Waals surface area contributed by atoms with Gasteiger partial charge in [-0.25, -0.2) is 0 Å². The highest BCUT2D eigenvalue weighted by atomic mass is 127. The number of morpholine rings is 1. The van der Waals surface area contributed by atoms with Gasteiger partial charge in [-0.3, -0.25) is 9.89 Å². The second kappa shape index (κ2) is 12.1. The van der Waals surface area contributed by atoms with Gasteiger partial charge in [-0.2, -0.15) is 11.8 Å². The number of hydrogen-bond donors (Lipinski definition) is 2. The fraction of sp³-hybridized carbons (Fsp3) is 0.650. The molecule has 2 aliphatic heterocycles. The lowest BCUT2D eigenvalue weighted by atomic mass is 9.95. The fourth-order valence-corrected chi connectivity index (χ4v) is 5.05. The molecule has 1 aromatic rings. The summed E-state index contributed by atoms with van der Waals surface area (Å²) in [7, 11) is 1.82. The summed E-state index contributed by atoms with van der Waals surface area (Å²) in [6, 6.07) is 8.14. The number of aliphatic imine (C=N–C) groups is 1. The normalized spacial score (nSPS) is 23.1. The lowest BCUT2D eigenvalue weighted by Gasteiger charge is -2.43. The third-order valence-electron chi connectivity index (χ3n) is 5.26. The van der Waals surface area contributed by atoms with E-state index in [1.54, 1.807) is 0 Å². The lowest BCUT2D eigenvalue weighted by molar-refractivity contribution is -0.0120. The van der Waals surface area contributed by atoms with Crippen molar-refractivity contribution in [1.29, 1.82) is 0 Å². The van der Waals surface area contributed by atoms with Crippen LogP contribution in [0.5, 0.6) is 5.75 Å². The SMILES string of the molecule is CN=C(NCCOc1ccc(C)cc1)NCC1(N2CCOCC2)CCSC1.I. The van der Waals surface area contributed by atoms with E-state index in [9.17, 15) is 0 Å². The summed E-state index contributed by atoms with van der Waals surface area (Å²) in [5, 5.41) is 6.90. The second-order valence-corrected chi connectivity index (χ2v) is 8.25. The number of thioether (sulfide) groups is 1. The van der Waals surface area contributed by atoms with Gasteiger partial charge in [0.05, 0.1) is 19.8 Å². The minimum atomic E-state index is 0. The van der Waals surface area contributed by atoms with Gasteiger partial charge in [0.15, 0.2) is 5.96 Å². The Hall–Kier alpha value is -0.710. The first-order valence-corrected chi connectivity index (χ1v) is 10.9. The van der Waals surface area contributed by atoms with Crippen LogP contribution in [0.25, 0.3) is 0 Å². The Morgan fingerprint density at radius 2 is 2.00 bits per heavy atom. The number of hydrogen-bond acceptors (Lipinski definition) is 5. The number of nitrogens with zero attached hydrogens (tertiary/aromatic N) is 2. The number of ether oxygens (including phenoxy) is 2. The van der Waals surface area contributed by atoms with Crippen LogP contribution in [0.2, 0.25) is 0 Å². The summed E-state index contributed by atoms with van der Waals surface area (Å²) >= 11 is 2.05. The summed E-state index contributed by atoms with van der Waals surface area (Å²) in [5.74, 6) is 4.15. The molecule has 0 aromatic heterocycles. The molecule has 28 heavy (non-hydrogen) atoms. The average Bonchev–Trinajstić information content (AvgIpc) is 3.20. The zero-order valence-electron chi connectivity index (χ0n) is 16.9. The van der Waals surface area contributed by atoms with E-state index in [4.69, 9.17) is 9.47 Å². The van der Waals surface area contributed by atoms with E-state index in [0.29, 0.717) is 13.2 Å². The molecule has 8 heteroatoms. The van der Waals surface area contributed by atoms with E-state index in [2.05, 4.69) is 51.3 Å². The zero-order valence-corrected chi connectivity index (χ0v) is 20.1. The van der Waals surface area contributed by atoms with E-state index >= 15 is 0 Å². The molecule has 1 atom stereocenters. The molecule has 158 valence electrons. The monoisotopic (exact) mass is 520 g/mol. The van der Waals surface area contributed by atoms with Gasteiger partial charge in [-0.1, -0.05) is 17.7 Å². The van der Waals surface area contributed by atoms with Crippen LogP contribution in [-0.4, -0.2) is 81.0 Å². The van der Waals surface area contributed by atoms with E-state index in [0.717, 1.165) is 44.6 Å². The smallest absolute Gasteiger partial charge is 0.191 e. The molecule has 0 bridgehead atoms. The van der Waals surface area contributed by atoms with Gasteiger partial charge in [0.1, 0.15) is 12.4 Å². The molecule has 1 unspecified atom stereocenters. The van der Waals surface area contributed by atoms with Gasteiger partial charge in [-0.05, 0) is 31.2 Å². The molecule has 2 fully saturated rings. The highest BCUT2D eigenvalue weighted by Crippen LogP contribution is 2.33. The first-order valence-electron chi connectivity index (χ1n) is 9.76. The summed E-state index contributed by atoms with van der Waals surface area (Å²) in [5.41, 5.74) is 1.45. The van der Waals surface area contributed by atoms with Gasteiger partial charge in [0, 0.05) is 38.0 Å². The van der Waals surface area contributed by atoms with E-state index in [-0.39, 0.29) is 29.5 Å². The topological polar surface area (TPSA) is 58.1 Å². The number of benzene rings is 1. The van der Waals surface area contributed by atoms with Crippen molar-refractivity contribution in [2.75, 3.05) is 64.6 Å². The predicted octanol–water partition coefficient (Wildman–Crippen LogP) is 2.36. The maximum atomic E-state index is 5.78. The molecule has 2 saturated heterocycles. The van der Waals surface area contributed by atoms with Crippen LogP contribution in [0.15, 0.2) is 29.3 Å². The molecule has 2 heterocycles. The van der Waals surface area contributed by atoms with Crippen molar-refractivity contribution in [1.82, 2.24) is 15.5 Å². The molecule has 0 radical (unpaired) electrons. The molecule has 0 saturated carbocycles. The maximum absolute atomic E-state index is 5.78. The van der Waals surface area contributed by atoms with Gasteiger partial charge < -0.3 is 20.1 Å². The summed E-state index contributed by atoms with van der Waals surface area (Å²) in [4.78, 5) is 6.98. The third kappa shape index (κ3) is 6.67.